The summed E-state index contributed by atoms with van der Waals surface area (Å²) in [5.41, 5.74) is 2.71. The number of rotatable bonds is 4. The predicted octanol–water partition coefficient (Wildman–Crippen LogP) is 3.84. The molecular formula is C21H22N2O2. The number of anilines is 1. The lowest BCUT2D eigenvalue weighted by molar-refractivity contribution is -0.119. The number of phenolic OH excluding ortho intramolecular Hbond substituents is 1. The third kappa shape index (κ3) is 3.43. The summed E-state index contributed by atoms with van der Waals surface area (Å²) in [6, 6.07) is 19.0. The van der Waals surface area contributed by atoms with Gasteiger partial charge in [-0.3, -0.25) is 4.79 Å². The Hall–Kier alpha value is -3.01. The average Bonchev–Trinajstić information content (AvgIpc) is 2.60. The quantitative estimate of drug-likeness (QED) is 0.762. The van der Waals surface area contributed by atoms with Gasteiger partial charge in [-0.1, -0.05) is 42.5 Å². The Bertz CT molecular complexity index is 901. The Labute approximate surface area is 147 Å². The van der Waals surface area contributed by atoms with Crippen LogP contribution >= 0.6 is 0 Å². The number of nitrogens with one attached hydrogen (secondary N) is 1. The lowest BCUT2D eigenvalue weighted by Crippen LogP contribution is -2.27. The van der Waals surface area contributed by atoms with Crippen LogP contribution < -0.4 is 10.2 Å². The van der Waals surface area contributed by atoms with Gasteiger partial charge in [0.2, 0.25) is 5.91 Å². The largest absolute Gasteiger partial charge is 0.508 e. The molecule has 25 heavy (non-hydrogen) atoms. The van der Waals surface area contributed by atoms with Crippen LogP contribution in [0.1, 0.15) is 24.1 Å². The van der Waals surface area contributed by atoms with Gasteiger partial charge in [0.25, 0.3) is 0 Å². The SMILES string of the molecule is CC(=O)NC(c1ccc(N(C)C)cc1)c1c(O)ccc2ccccc12. The second-order valence-electron chi connectivity index (χ2n) is 6.34. The minimum absolute atomic E-state index is 0.144. The van der Waals surface area contributed by atoms with Gasteiger partial charge in [-0.2, -0.15) is 0 Å². The summed E-state index contributed by atoms with van der Waals surface area (Å²) in [4.78, 5) is 13.8. The van der Waals surface area contributed by atoms with Crippen LogP contribution in [-0.4, -0.2) is 25.1 Å². The van der Waals surface area contributed by atoms with Gasteiger partial charge in [-0.05, 0) is 34.5 Å². The van der Waals surface area contributed by atoms with Gasteiger partial charge in [-0.25, -0.2) is 0 Å². The average molecular weight is 334 g/mol. The van der Waals surface area contributed by atoms with Gasteiger partial charge in [-0.15, -0.1) is 0 Å². The Morgan fingerprint density at radius 3 is 2.32 bits per heavy atom. The minimum Gasteiger partial charge on any atom is -0.508 e. The number of hydrogen-bond donors (Lipinski definition) is 2. The standard InChI is InChI=1S/C21H22N2O2/c1-14(24)22-21(16-8-11-17(12-9-16)23(2)3)20-18-7-5-4-6-15(18)10-13-19(20)25/h4-13,21,25H,1-3H3,(H,22,24). The number of carbonyl (C=O) groups is 1. The number of hydrogen-bond acceptors (Lipinski definition) is 3. The van der Waals surface area contributed by atoms with E-state index < -0.39 is 6.04 Å². The van der Waals surface area contributed by atoms with Crippen LogP contribution in [-0.2, 0) is 4.79 Å². The fourth-order valence-corrected chi connectivity index (χ4v) is 3.08. The molecule has 0 aliphatic heterocycles. The van der Waals surface area contributed by atoms with Crippen LogP contribution in [0.2, 0.25) is 0 Å². The number of aromatic hydroxyl groups is 1. The molecule has 4 nitrogen and oxygen atoms in total. The lowest BCUT2D eigenvalue weighted by atomic mass is 9.92. The number of nitrogens with zero attached hydrogens (tertiary/aromatic N) is 1. The Morgan fingerprint density at radius 2 is 1.68 bits per heavy atom. The molecular weight excluding hydrogens is 312 g/mol. The molecule has 1 atom stereocenters. The van der Waals surface area contributed by atoms with Crippen molar-refractivity contribution in [1.82, 2.24) is 5.32 Å². The van der Waals surface area contributed by atoms with Gasteiger partial charge < -0.3 is 15.3 Å². The summed E-state index contributed by atoms with van der Waals surface area (Å²) in [7, 11) is 3.97. The highest BCUT2D eigenvalue weighted by Gasteiger charge is 2.21. The first kappa shape index (κ1) is 16.8. The first-order chi connectivity index (χ1) is 12.0. The van der Waals surface area contributed by atoms with E-state index in [0.717, 1.165) is 22.0 Å². The normalized spacial score (nSPS) is 12.0. The molecule has 0 aliphatic carbocycles. The predicted molar refractivity (Wildman–Crippen MR) is 102 cm³/mol. The number of benzene rings is 3. The van der Waals surface area contributed by atoms with Gasteiger partial charge in [0.05, 0.1) is 6.04 Å². The second-order valence-corrected chi connectivity index (χ2v) is 6.34. The van der Waals surface area contributed by atoms with Crippen molar-refractivity contribution < 1.29 is 9.90 Å². The maximum Gasteiger partial charge on any atom is 0.217 e. The molecule has 0 bridgehead atoms. The Balaban J connectivity index is 2.17. The Morgan fingerprint density at radius 1 is 1.00 bits per heavy atom. The van der Waals surface area contributed by atoms with Crippen molar-refractivity contribution in [1.29, 1.82) is 0 Å². The van der Waals surface area contributed by atoms with Crippen LogP contribution in [0, 0.1) is 0 Å². The maximum atomic E-state index is 11.8. The summed E-state index contributed by atoms with van der Waals surface area (Å²) in [5, 5.41) is 15.5. The monoisotopic (exact) mass is 334 g/mol. The molecule has 0 radical (unpaired) electrons. The van der Waals surface area contributed by atoms with Crippen molar-refractivity contribution in [2.75, 3.05) is 19.0 Å². The van der Waals surface area contributed by atoms with Crippen molar-refractivity contribution >= 4 is 22.4 Å². The van der Waals surface area contributed by atoms with E-state index in [1.165, 1.54) is 6.92 Å². The van der Waals surface area contributed by atoms with Gasteiger partial charge in [0.1, 0.15) is 5.75 Å². The summed E-state index contributed by atoms with van der Waals surface area (Å²) in [6.45, 7) is 1.49. The molecule has 2 N–H and O–H groups in total. The van der Waals surface area contributed by atoms with Crippen molar-refractivity contribution in [3.05, 3.63) is 71.8 Å². The van der Waals surface area contributed by atoms with Crippen LogP contribution in [0.3, 0.4) is 0 Å². The van der Waals surface area contributed by atoms with Gasteiger partial charge in [0, 0.05) is 32.3 Å². The van der Waals surface area contributed by atoms with E-state index in [0.29, 0.717) is 5.56 Å². The van der Waals surface area contributed by atoms with Crippen LogP contribution in [0.5, 0.6) is 5.75 Å². The van der Waals surface area contributed by atoms with E-state index in [1.54, 1.807) is 6.07 Å². The minimum atomic E-state index is -0.417. The summed E-state index contributed by atoms with van der Waals surface area (Å²) < 4.78 is 0. The van der Waals surface area contributed by atoms with E-state index in [9.17, 15) is 9.90 Å². The summed E-state index contributed by atoms with van der Waals surface area (Å²) >= 11 is 0. The van der Waals surface area contributed by atoms with Gasteiger partial charge in [0.15, 0.2) is 0 Å². The zero-order valence-electron chi connectivity index (χ0n) is 14.7. The molecule has 1 unspecified atom stereocenters. The van der Waals surface area contributed by atoms with E-state index in [1.807, 2.05) is 73.6 Å². The smallest absolute Gasteiger partial charge is 0.217 e. The molecule has 0 aromatic heterocycles. The maximum absolute atomic E-state index is 11.8. The summed E-state index contributed by atoms with van der Waals surface area (Å²) in [6.07, 6.45) is 0. The molecule has 0 heterocycles. The molecule has 0 fully saturated rings. The molecule has 3 rings (SSSR count). The van der Waals surface area contributed by atoms with Crippen molar-refractivity contribution in [2.24, 2.45) is 0 Å². The highest BCUT2D eigenvalue weighted by atomic mass is 16.3. The highest BCUT2D eigenvalue weighted by Crippen LogP contribution is 2.36. The fourth-order valence-electron chi connectivity index (χ4n) is 3.08. The number of phenols is 1. The topological polar surface area (TPSA) is 52.6 Å². The van der Waals surface area contributed by atoms with E-state index in [2.05, 4.69) is 5.32 Å². The van der Waals surface area contributed by atoms with Crippen LogP contribution in [0.15, 0.2) is 60.7 Å². The molecule has 1 amide bonds. The third-order valence-electron chi connectivity index (χ3n) is 4.33. The highest BCUT2D eigenvalue weighted by molar-refractivity contribution is 5.89. The summed E-state index contributed by atoms with van der Waals surface area (Å²) in [5.74, 6) is 0.0307. The molecule has 3 aromatic rings. The van der Waals surface area contributed by atoms with Crippen molar-refractivity contribution in [2.45, 2.75) is 13.0 Å². The third-order valence-corrected chi connectivity index (χ3v) is 4.33. The zero-order chi connectivity index (χ0) is 18.0. The molecule has 128 valence electrons. The molecule has 0 aliphatic rings. The molecule has 0 spiro atoms. The molecule has 3 aromatic carbocycles. The number of carbonyl (C=O) groups excluding carboxylic acids is 1. The molecule has 4 heteroatoms. The van der Waals surface area contributed by atoms with E-state index in [-0.39, 0.29) is 11.7 Å². The lowest BCUT2D eigenvalue weighted by Gasteiger charge is -2.23. The van der Waals surface area contributed by atoms with Crippen LogP contribution in [0.4, 0.5) is 5.69 Å². The first-order valence-electron chi connectivity index (χ1n) is 8.22. The zero-order valence-corrected chi connectivity index (χ0v) is 14.7. The van der Waals surface area contributed by atoms with E-state index >= 15 is 0 Å². The second kappa shape index (κ2) is 6.85. The fraction of sp³-hybridized carbons (Fsp3) is 0.190. The number of fused-ring (bicyclic) bond motifs is 1. The first-order valence-corrected chi connectivity index (χ1v) is 8.22. The van der Waals surface area contributed by atoms with Gasteiger partial charge >= 0.3 is 0 Å². The number of amides is 1. The van der Waals surface area contributed by atoms with Crippen molar-refractivity contribution in [3.8, 4) is 5.75 Å². The van der Waals surface area contributed by atoms with Crippen molar-refractivity contribution in [3.63, 3.8) is 0 Å². The molecule has 0 saturated heterocycles. The van der Waals surface area contributed by atoms with E-state index in [4.69, 9.17) is 0 Å². The Kier molecular flexibility index (Phi) is 4.61. The molecule has 0 saturated carbocycles. The van der Waals surface area contributed by atoms with Crippen LogP contribution in [0.25, 0.3) is 10.8 Å².